The molecule has 21 heavy (non-hydrogen) atoms. The molecule has 0 aliphatic carbocycles. The molecule has 1 heterocycles. The monoisotopic (exact) mass is 347 g/mol. The first kappa shape index (κ1) is 14.3. The summed E-state index contributed by atoms with van der Waals surface area (Å²) in [4.78, 5) is 14.6. The lowest BCUT2D eigenvalue weighted by atomic mass is 9.97. The Labute approximate surface area is 131 Å². The first-order valence-corrected chi connectivity index (χ1v) is 7.72. The summed E-state index contributed by atoms with van der Waals surface area (Å²) in [6.07, 6.45) is 1.94. The summed E-state index contributed by atoms with van der Waals surface area (Å²) in [5.74, 6) is -0.439. The molecule has 108 valence electrons. The zero-order chi connectivity index (χ0) is 15.0. The average Bonchev–Trinajstić information content (AvgIpc) is 2.46. The van der Waals surface area contributed by atoms with E-state index in [9.17, 15) is 9.18 Å². The molecule has 0 aromatic heterocycles. The Morgan fingerprint density at radius 2 is 2.10 bits per heavy atom. The molecule has 0 saturated carbocycles. The van der Waals surface area contributed by atoms with Crippen LogP contribution >= 0.6 is 15.9 Å². The largest absolute Gasteiger partial charge is 0.308 e. The van der Waals surface area contributed by atoms with E-state index >= 15 is 0 Å². The van der Waals surface area contributed by atoms with Gasteiger partial charge in [0.25, 0.3) is 5.91 Å². The highest BCUT2D eigenvalue weighted by molar-refractivity contribution is 9.10. The maximum absolute atomic E-state index is 13.2. The molecule has 2 aromatic carbocycles. The second-order valence-electron chi connectivity index (χ2n) is 5.27. The number of anilines is 1. The minimum atomic E-state index is -0.353. The number of carbonyl (C=O) groups excluding carboxylic acids is 1. The van der Waals surface area contributed by atoms with Gasteiger partial charge in [-0.25, -0.2) is 4.39 Å². The van der Waals surface area contributed by atoms with E-state index in [4.69, 9.17) is 0 Å². The number of halogens is 2. The Balaban J connectivity index is 2.04. The van der Waals surface area contributed by atoms with E-state index in [-0.39, 0.29) is 11.7 Å². The van der Waals surface area contributed by atoms with E-state index < -0.39 is 0 Å². The maximum Gasteiger partial charge on any atom is 0.259 e. The number of amides is 1. The molecule has 1 aliphatic rings. The van der Waals surface area contributed by atoms with Crippen LogP contribution in [0.2, 0.25) is 0 Å². The smallest absolute Gasteiger partial charge is 0.259 e. The fourth-order valence-corrected chi connectivity index (χ4v) is 3.38. The van der Waals surface area contributed by atoms with Gasteiger partial charge in [0.05, 0.1) is 11.3 Å². The molecule has 0 radical (unpaired) electrons. The van der Waals surface area contributed by atoms with Crippen molar-refractivity contribution in [3.8, 4) is 0 Å². The van der Waals surface area contributed by atoms with Crippen LogP contribution in [-0.2, 0) is 6.42 Å². The van der Waals surface area contributed by atoms with Crippen molar-refractivity contribution < 1.29 is 9.18 Å². The molecular formula is C17H15BrFNO. The molecule has 2 nitrogen and oxygen atoms in total. The van der Waals surface area contributed by atoms with E-state index in [1.165, 1.54) is 23.8 Å². The van der Waals surface area contributed by atoms with Gasteiger partial charge in [-0.1, -0.05) is 18.2 Å². The molecular weight excluding hydrogens is 333 g/mol. The van der Waals surface area contributed by atoms with E-state index in [2.05, 4.69) is 22.0 Å². The van der Waals surface area contributed by atoms with Gasteiger partial charge >= 0.3 is 0 Å². The van der Waals surface area contributed by atoms with Crippen LogP contribution in [0.5, 0.6) is 0 Å². The molecule has 2 aromatic rings. The molecule has 4 heteroatoms. The number of carbonyl (C=O) groups is 1. The Bertz CT molecular complexity index is 714. The van der Waals surface area contributed by atoms with Crippen molar-refractivity contribution in [2.45, 2.75) is 19.8 Å². The minimum absolute atomic E-state index is 0.0860. The predicted octanol–water partition coefficient (Wildman–Crippen LogP) is 4.49. The Kier molecular flexibility index (Phi) is 3.81. The third-order valence-corrected chi connectivity index (χ3v) is 4.48. The van der Waals surface area contributed by atoms with Crippen LogP contribution in [0.15, 0.2) is 40.9 Å². The zero-order valence-corrected chi connectivity index (χ0v) is 13.3. The number of hydrogen-bond donors (Lipinski definition) is 0. The summed E-state index contributed by atoms with van der Waals surface area (Å²) >= 11 is 3.29. The number of para-hydroxylation sites is 1. The van der Waals surface area contributed by atoms with Crippen molar-refractivity contribution in [3.05, 3.63) is 63.4 Å². The van der Waals surface area contributed by atoms with Gasteiger partial charge < -0.3 is 4.90 Å². The highest BCUT2D eigenvalue weighted by Crippen LogP contribution is 2.32. The fourth-order valence-electron chi connectivity index (χ4n) is 2.86. The van der Waals surface area contributed by atoms with E-state index in [0.29, 0.717) is 16.6 Å². The molecule has 0 N–H and O–H groups in total. The van der Waals surface area contributed by atoms with Gasteiger partial charge in [0.1, 0.15) is 5.82 Å². The number of benzene rings is 2. The molecule has 0 spiro atoms. The van der Waals surface area contributed by atoms with Crippen LogP contribution in [0.4, 0.5) is 10.1 Å². The Morgan fingerprint density at radius 1 is 1.29 bits per heavy atom. The lowest BCUT2D eigenvalue weighted by Gasteiger charge is -2.31. The van der Waals surface area contributed by atoms with Crippen molar-refractivity contribution in [3.63, 3.8) is 0 Å². The van der Waals surface area contributed by atoms with Crippen LogP contribution < -0.4 is 4.90 Å². The van der Waals surface area contributed by atoms with Crippen LogP contribution in [0, 0.1) is 12.7 Å². The number of fused-ring (bicyclic) bond motifs is 1. The van der Waals surface area contributed by atoms with Crippen molar-refractivity contribution >= 4 is 27.5 Å². The third-order valence-electron chi connectivity index (χ3n) is 3.83. The van der Waals surface area contributed by atoms with Crippen LogP contribution in [0.3, 0.4) is 0 Å². The van der Waals surface area contributed by atoms with Crippen molar-refractivity contribution in [2.24, 2.45) is 0 Å². The van der Waals surface area contributed by atoms with Crippen molar-refractivity contribution in [1.82, 2.24) is 0 Å². The molecule has 3 rings (SSSR count). The summed E-state index contributed by atoms with van der Waals surface area (Å²) < 4.78 is 13.7. The topological polar surface area (TPSA) is 20.3 Å². The Hall–Kier alpha value is -1.68. The van der Waals surface area contributed by atoms with Crippen LogP contribution in [0.1, 0.15) is 27.9 Å². The molecule has 0 saturated heterocycles. The molecule has 0 fully saturated rings. The molecule has 1 amide bonds. The minimum Gasteiger partial charge on any atom is -0.308 e. The zero-order valence-electron chi connectivity index (χ0n) is 11.7. The molecule has 0 bridgehead atoms. The van der Waals surface area contributed by atoms with Gasteiger partial charge in [-0.3, -0.25) is 4.79 Å². The number of aryl methyl sites for hydroxylation is 2. The van der Waals surface area contributed by atoms with Crippen LogP contribution in [0.25, 0.3) is 0 Å². The van der Waals surface area contributed by atoms with Gasteiger partial charge in [-0.15, -0.1) is 0 Å². The number of nitrogens with zero attached hydrogens (tertiary/aromatic N) is 1. The van der Waals surface area contributed by atoms with Crippen molar-refractivity contribution in [2.75, 3.05) is 11.4 Å². The number of rotatable bonds is 1. The average molecular weight is 348 g/mol. The summed E-state index contributed by atoms with van der Waals surface area (Å²) in [6.45, 7) is 2.71. The summed E-state index contributed by atoms with van der Waals surface area (Å²) in [5.41, 5.74) is 3.80. The van der Waals surface area contributed by atoms with Gasteiger partial charge in [-0.05, 0) is 65.0 Å². The van der Waals surface area contributed by atoms with Gasteiger partial charge in [-0.2, -0.15) is 0 Å². The first-order chi connectivity index (χ1) is 10.1. The Morgan fingerprint density at radius 3 is 2.86 bits per heavy atom. The predicted molar refractivity (Wildman–Crippen MR) is 85.3 cm³/mol. The number of hydrogen-bond acceptors (Lipinski definition) is 1. The van der Waals surface area contributed by atoms with E-state index in [0.717, 1.165) is 24.1 Å². The SMILES string of the molecule is Cc1cccc2c1N(C(=O)c1ccc(F)cc1Br)CCC2. The first-order valence-electron chi connectivity index (χ1n) is 6.93. The molecule has 0 unspecified atom stereocenters. The standard InChI is InChI=1S/C17H15BrFNO/c1-11-4-2-5-12-6-3-9-20(16(11)12)17(21)14-8-7-13(19)10-15(14)18/h2,4-5,7-8,10H,3,6,9H2,1H3. The summed E-state index contributed by atoms with van der Waals surface area (Å²) in [6, 6.07) is 10.3. The van der Waals surface area contributed by atoms with Gasteiger partial charge in [0, 0.05) is 11.0 Å². The molecule has 0 atom stereocenters. The normalized spacial score (nSPS) is 14.0. The highest BCUT2D eigenvalue weighted by atomic mass is 79.9. The van der Waals surface area contributed by atoms with Gasteiger partial charge in [0.2, 0.25) is 0 Å². The highest BCUT2D eigenvalue weighted by Gasteiger charge is 2.26. The van der Waals surface area contributed by atoms with Crippen molar-refractivity contribution in [1.29, 1.82) is 0 Å². The molecule has 1 aliphatic heterocycles. The second kappa shape index (κ2) is 5.60. The maximum atomic E-state index is 13.2. The van der Waals surface area contributed by atoms with E-state index in [1.807, 2.05) is 24.0 Å². The second-order valence-corrected chi connectivity index (χ2v) is 6.12. The van der Waals surface area contributed by atoms with Gasteiger partial charge in [0.15, 0.2) is 0 Å². The van der Waals surface area contributed by atoms with Crippen LogP contribution in [-0.4, -0.2) is 12.5 Å². The van der Waals surface area contributed by atoms with E-state index in [1.54, 1.807) is 0 Å². The lowest BCUT2D eigenvalue weighted by molar-refractivity contribution is 0.0984. The quantitative estimate of drug-likeness (QED) is 0.744. The summed E-state index contributed by atoms with van der Waals surface area (Å²) in [7, 11) is 0. The lowest BCUT2D eigenvalue weighted by Crippen LogP contribution is -2.36. The fraction of sp³-hybridized carbons (Fsp3) is 0.235. The third kappa shape index (κ3) is 2.60. The summed E-state index contributed by atoms with van der Waals surface area (Å²) in [5, 5.41) is 0.